The lowest BCUT2D eigenvalue weighted by Crippen LogP contribution is -2.36. The van der Waals surface area contributed by atoms with E-state index in [1.165, 1.54) is 57.9 Å². The third-order valence-electron chi connectivity index (χ3n) is 5.20. The number of nitrogens with one attached hydrogen (secondary N) is 2. The minimum Gasteiger partial charge on any atom is -0.355 e. The summed E-state index contributed by atoms with van der Waals surface area (Å²) in [5, 5.41) is 16.5. The quantitative estimate of drug-likeness (QED) is 0.854. The van der Waals surface area contributed by atoms with Gasteiger partial charge in [0, 0.05) is 19.1 Å². The molecule has 0 aromatic carbocycles. The molecule has 1 amide bonds. The Morgan fingerprint density at radius 1 is 1.17 bits per heavy atom. The van der Waals surface area contributed by atoms with E-state index in [4.69, 9.17) is 0 Å². The van der Waals surface area contributed by atoms with Gasteiger partial charge in [-0.1, -0.05) is 37.3 Å². The summed E-state index contributed by atoms with van der Waals surface area (Å²) >= 11 is 0. The van der Waals surface area contributed by atoms with Crippen molar-refractivity contribution in [3.63, 3.8) is 0 Å². The minimum absolute atomic E-state index is 0.0178. The fourth-order valence-electron chi connectivity index (χ4n) is 3.88. The zero-order chi connectivity index (χ0) is 15.9. The summed E-state index contributed by atoms with van der Waals surface area (Å²) in [7, 11) is 0. The highest BCUT2D eigenvalue weighted by Crippen LogP contribution is 2.26. The molecule has 0 unspecified atom stereocenters. The Kier molecular flexibility index (Phi) is 5.96. The number of hydrogen-bond donors (Lipinski definition) is 2. The van der Waals surface area contributed by atoms with Crippen LogP contribution in [-0.2, 0) is 11.2 Å². The first-order chi connectivity index (χ1) is 11.3. The van der Waals surface area contributed by atoms with Crippen LogP contribution in [0.25, 0.3) is 0 Å². The molecule has 1 saturated carbocycles. The normalized spacial score (nSPS) is 24.3. The van der Waals surface area contributed by atoms with E-state index in [0.29, 0.717) is 11.7 Å². The molecule has 23 heavy (non-hydrogen) atoms. The van der Waals surface area contributed by atoms with Gasteiger partial charge in [0.15, 0.2) is 5.82 Å². The molecule has 2 heterocycles. The monoisotopic (exact) mass is 320 g/mol. The molecule has 1 aliphatic carbocycles. The summed E-state index contributed by atoms with van der Waals surface area (Å²) in [5.74, 6) is 1.01. The second-order valence-corrected chi connectivity index (χ2v) is 6.96. The third kappa shape index (κ3) is 4.99. The van der Waals surface area contributed by atoms with Gasteiger partial charge < -0.3 is 10.2 Å². The topological polar surface area (TPSA) is 86.8 Å². The summed E-state index contributed by atoms with van der Waals surface area (Å²) in [6.07, 6.45) is 11.1. The number of rotatable bonds is 5. The highest BCUT2D eigenvalue weighted by molar-refractivity contribution is 5.77. The van der Waals surface area contributed by atoms with Crippen LogP contribution >= 0.6 is 0 Å². The Morgan fingerprint density at radius 2 is 1.96 bits per heavy atom. The maximum Gasteiger partial charge on any atom is 0.227 e. The lowest BCUT2D eigenvalue weighted by atomic mass is 9.96. The number of likely N-dealkylation sites (tertiary alicyclic amines) is 1. The first-order valence-electron chi connectivity index (χ1n) is 9.04. The smallest absolute Gasteiger partial charge is 0.227 e. The standard InChI is InChI=1S/C16H28N6O/c23-16(10-15-18-20-21-19-15)17-11-13-8-9-22(12-13)14-6-4-2-1-3-5-7-14/h13-14H,1-12H2,(H,17,23)(H,18,19,20,21)/t13-/m1/s1. The van der Waals surface area contributed by atoms with Crippen LogP contribution in [0.15, 0.2) is 0 Å². The molecule has 1 saturated heterocycles. The largest absolute Gasteiger partial charge is 0.355 e. The fraction of sp³-hybridized carbons (Fsp3) is 0.875. The second-order valence-electron chi connectivity index (χ2n) is 6.96. The SMILES string of the molecule is O=C(Cc1nn[nH]n1)NC[C@H]1CCN(C2CCCCCCC2)C1. The first-order valence-corrected chi connectivity index (χ1v) is 9.04. The van der Waals surface area contributed by atoms with Crippen molar-refractivity contribution in [3.05, 3.63) is 5.82 Å². The van der Waals surface area contributed by atoms with Crippen LogP contribution in [0, 0.1) is 5.92 Å². The van der Waals surface area contributed by atoms with Gasteiger partial charge in [-0.25, -0.2) is 0 Å². The third-order valence-corrected chi connectivity index (χ3v) is 5.20. The molecule has 0 bridgehead atoms. The molecule has 0 radical (unpaired) electrons. The van der Waals surface area contributed by atoms with Crippen LogP contribution in [-0.4, -0.2) is 57.1 Å². The van der Waals surface area contributed by atoms with E-state index in [-0.39, 0.29) is 12.3 Å². The van der Waals surface area contributed by atoms with Crippen LogP contribution in [0.5, 0.6) is 0 Å². The summed E-state index contributed by atoms with van der Waals surface area (Å²) in [6.45, 7) is 3.09. The zero-order valence-electron chi connectivity index (χ0n) is 13.8. The van der Waals surface area contributed by atoms with Crippen LogP contribution in [0.4, 0.5) is 0 Å². The minimum atomic E-state index is -0.0178. The van der Waals surface area contributed by atoms with Crippen LogP contribution in [0.1, 0.15) is 57.2 Å². The Hall–Kier alpha value is -1.50. The van der Waals surface area contributed by atoms with Gasteiger partial charge in [-0.15, -0.1) is 10.2 Å². The van der Waals surface area contributed by atoms with E-state index in [0.717, 1.165) is 19.1 Å². The summed E-state index contributed by atoms with van der Waals surface area (Å²) in [4.78, 5) is 14.6. The molecule has 1 aromatic heterocycles. The second kappa shape index (κ2) is 8.38. The molecule has 3 rings (SSSR count). The van der Waals surface area contributed by atoms with E-state index in [9.17, 15) is 4.79 Å². The molecule has 2 N–H and O–H groups in total. The van der Waals surface area contributed by atoms with Crippen molar-refractivity contribution >= 4 is 5.91 Å². The van der Waals surface area contributed by atoms with Gasteiger partial charge in [-0.3, -0.25) is 4.79 Å². The molecule has 7 heteroatoms. The van der Waals surface area contributed by atoms with E-state index < -0.39 is 0 Å². The van der Waals surface area contributed by atoms with Crippen LogP contribution in [0.3, 0.4) is 0 Å². The average molecular weight is 320 g/mol. The maximum atomic E-state index is 11.9. The molecule has 1 aromatic rings. The molecular formula is C16H28N6O. The summed E-state index contributed by atoms with van der Waals surface area (Å²) in [5.41, 5.74) is 0. The molecule has 128 valence electrons. The van der Waals surface area contributed by atoms with Crippen molar-refractivity contribution in [3.8, 4) is 0 Å². The Balaban J connectivity index is 1.38. The van der Waals surface area contributed by atoms with Gasteiger partial charge in [0.25, 0.3) is 0 Å². The molecule has 1 atom stereocenters. The van der Waals surface area contributed by atoms with Gasteiger partial charge >= 0.3 is 0 Å². The van der Waals surface area contributed by atoms with Crippen molar-refractivity contribution in [2.75, 3.05) is 19.6 Å². The van der Waals surface area contributed by atoms with Crippen molar-refractivity contribution in [2.45, 2.75) is 63.8 Å². The predicted molar refractivity (Wildman–Crippen MR) is 86.7 cm³/mol. The Labute approximate surface area is 137 Å². The molecule has 2 aliphatic rings. The van der Waals surface area contributed by atoms with Crippen molar-refractivity contribution in [2.24, 2.45) is 5.92 Å². The number of tetrazole rings is 1. The molecule has 1 aliphatic heterocycles. The van der Waals surface area contributed by atoms with Crippen molar-refractivity contribution < 1.29 is 4.79 Å². The number of aromatic amines is 1. The molecule has 0 spiro atoms. The van der Waals surface area contributed by atoms with Gasteiger partial charge in [0.05, 0.1) is 6.42 Å². The number of carbonyl (C=O) groups excluding carboxylic acids is 1. The number of nitrogens with zero attached hydrogens (tertiary/aromatic N) is 4. The average Bonchev–Trinajstić information content (AvgIpc) is 3.16. The van der Waals surface area contributed by atoms with E-state index in [2.05, 4.69) is 30.8 Å². The maximum absolute atomic E-state index is 11.9. The van der Waals surface area contributed by atoms with Gasteiger partial charge in [0.2, 0.25) is 5.91 Å². The lowest BCUT2D eigenvalue weighted by Gasteiger charge is -2.29. The van der Waals surface area contributed by atoms with Crippen LogP contribution < -0.4 is 5.32 Å². The molecule has 7 nitrogen and oxygen atoms in total. The zero-order valence-corrected chi connectivity index (χ0v) is 13.8. The number of aromatic nitrogens is 4. The first kappa shape index (κ1) is 16.4. The van der Waals surface area contributed by atoms with E-state index in [1.54, 1.807) is 0 Å². The summed E-state index contributed by atoms with van der Waals surface area (Å²) < 4.78 is 0. The summed E-state index contributed by atoms with van der Waals surface area (Å²) in [6, 6.07) is 0.773. The predicted octanol–water partition coefficient (Wildman–Crippen LogP) is 1.29. The number of H-pyrrole nitrogens is 1. The van der Waals surface area contributed by atoms with Crippen molar-refractivity contribution in [1.29, 1.82) is 0 Å². The molecular weight excluding hydrogens is 292 g/mol. The van der Waals surface area contributed by atoms with Gasteiger partial charge in [-0.2, -0.15) is 5.21 Å². The number of hydrogen-bond acceptors (Lipinski definition) is 5. The van der Waals surface area contributed by atoms with Crippen LogP contribution in [0.2, 0.25) is 0 Å². The van der Waals surface area contributed by atoms with E-state index in [1.807, 2.05) is 0 Å². The Morgan fingerprint density at radius 3 is 2.70 bits per heavy atom. The van der Waals surface area contributed by atoms with Gasteiger partial charge in [-0.05, 0) is 31.7 Å². The van der Waals surface area contributed by atoms with E-state index >= 15 is 0 Å². The molecule has 2 fully saturated rings. The Bertz CT molecular complexity index is 469. The van der Waals surface area contributed by atoms with Crippen molar-refractivity contribution in [1.82, 2.24) is 30.8 Å². The number of amides is 1. The van der Waals surface area contributed by atoms with Gasteiger partial charge in [0.1, 0.15) is 0 Å². The number of carbonyl (C=O) groups is 1. The lowest BCUT2D eigenvalue weighted by molar-refractivity contribution is -0.120. The highest BCUT2D eigenvalue weighted by Gasteiger charge is 2.28. The highest BCUT2D eigenvalue weighted by atomic mass is 16.1. The fourth-order valence-corrected chi connectivity index (χ4v) is 3.88.